The van der Waals surface area contributed by atoms with E-state index in [0.29, 0.717) is 16.6 Å². The lowest BCUT2D eigenvalue weighted by Crippen LogP contribution is -2.30. The van der Waals surface area contributed by atoms with Crippen molar-refractivity contribution < 1.29 is 18.7 Å². The third-order valence-corrected chi connectivity index (χ3v) is 4.38. The van der Waals surface area contributed by atoms with E-state index in [0.717, 1.165) is 17.3 Å². The fourth-order valence-corrected chi connectivity index (χ4v) is 2.99. The number of hydrazone groups is 1. The smallest absolute Gasteiger partial charge is 0.278 e. The molecule has 1 heterocycles. The normalized spacial score (nSPS) is 15.4. The predicted octanol–water partition coefficient (Wildman–Crippen LogP) is 2.68. The number of thioether (sulfide) groups is 1. The Labute approximate surface area is 154 Å². The molecule has 0 unspecified atom stereocenters. The molecule has 1 aliphatic heterocycles. The van der Waals surface area contributed by atoms with E-state index in [2.05, 4.69) is 10.5 Å². The largest absolute Gasteiger partial charge is 0.484 e. The van der Waals surface area contributed by atoms with E-state index >= 15 is 0 Å². The van der Waals surface area contributed by atoms with Crippen LogP contribution in [0.25, 0.3) is 0 Å². The summed E-state index contributed by atoms with van der Waals surface area (Å²) in [6, 6.07) is 13.0. The molecule has 0 aliphatic carbocycles. The van der Waals surface area contributed by atoms with Gasteiger partial charge in [0.05, 0.1) is 6.54 Å². The van der Waals surface area contributed by atoms with Gasteiger partial charge >= 0.3 is 0 Å². The molecule has 3 rings (SSSR count). The summed E-state index contributed by atoms with van der Waals surface area (Å²) in [5.41, 5.74) is 4.09. The van der Waals surface area contributed by atoms with Crippen molar-refractivity contribution in [2.45, 2.75) is 6.92 Å². The number of halogens is 1. The SMILES string of the molecule is Cc1ccc(OCC(=O)N/N=C2/SC(=O)CN2c2ccc(F)cc2)cc1. The Kier molecular flexibility index (Phi) is 5.52. The first-order valence-electron chi connectivity index (χ1n) is 7.81. The number of aryl methyl sites for hydroxylation is 1. The standard InChI is InChI=1S/C18H16FN3O3S/c1-12-2-8-15(9-3-12)25-11-16(23)20-21-18-22(10-17(24)26-18)14-6-4-13(19)5-7-14/h2-9H,10-11H2,1H3,(H,20,23)/b21-18+. The number of carbonyl (C=O) groups excluding carboxylic acids is 2. The highest BCUT2D eigenvalue weighted by Gasteiger charge is 2.28. The van der Waals surface area contributed by atoms with E-state index in [-0.39, 0.29) is 24.1 Å². The molecule has 1 N–H and O–H groups in total. The fourth-order valence-electron chi connectivity index (χ4n) is 2.22. The number of rotatable bonds is 5. The van der Waals surface area contributed by atoms with Gasteiger partial charge in [0.1, 0.15) is 11.6 Å². The summed E-state index contributed by atoms with van der Waals surface area (Å²) in [6.45, 7) is 1.86. The van der Waals surface area contributed by atoms with Gasteiger partial charge in [0.25, 0.3) is 5.91 Å². The van der Waals surface area contributed by atoms with Crippen molar-refractivity contribution in [2.75, 3.05) is 18.1 Å². The summed E-state index contributed by atoms with van der Waals surface area (Å²) < 4.78 is 18.4. The Bertz CT molecular complexity index is 838. The van der Waals surface area contributed by atoms with Crippen molar-refractivity contribution >= 4 is 33.6 Å². The summed E-state index contributed by atoms with van der Waals surface area (Å²) in [4.78, 5) is 25.2. The highest BCUT2D eigenvalue weighted by Crippen LogP contribution is 2.26. The molecule has 0 spiro atoms. The van der Waals surface area contributed by atoms with Crippen molar-refractivity contribution in [2.24, 2.45) is 5.10 Å². The van der Waals surface area contributed by atoms with Gasteiger partial charge in [-0.25, -0.2) is 9.82 Å². The molecule has 2 aromatic rings. The molecule has 6 nitrogen and oxygen atoms in total. The molecule has 0 aromatic heterocycles. The first-order chi connectivity index (χ1) is 12.5. The van der Waals surface area contributed by atoms with Crippen molar-refractivity contribution in [3.05, 3.63) is 59.9 Å². The lowest BCUT2D eigenvalue weighted by atomic mass is 10.2. The number of anilines is 1. The molecule has 1 amide bonds. The van der Waals surface area contributed by atoms with Crippen LogP contribution in [0.5, 0.6) is 5.75 Å². The number of hydrogen-bond acceptors (Lipinski definition) is 5. The van der Waals surface area contributed by atoms with Gasteiger partial charge in [0.2, 0.25) is 5.12 Å². The zero-order chi connectivity index (χ0) is 18.5. The molecule has 8 heteroatoms. The van der Waals surface area contributed by atoms with Crippen molar-refractivity contribution in [1.29, 1.82) is 0 Å². The third-order valence-electron chi connectivity index (χ3n) is 3.53. The number of amides is 1. The van der Waals surface area contributed by atoms with Crippen LogP contribution in [0, 0.1) is 12.7 Å². The highest BCUT2D eigenvalue weighted by atomic mass is 32.2. The summed E-state index contributed by atoms with van der Waals surface area (Å²) in [5, 5.41) is 4.20. The lowest BCUT2D eigenvalue weighted by molar-refractivity contribution is -0.123. The molecule has 26 heavy (non-hydrogen) atoms. The van der Waals surface area contributed by atoms with E-state index < -0.39 is 5.91 Å². The monoisotopic (exact) mass is 373 g/mol. The van der Waals surface area contributed by atoms with E-state index in [1.807, 2.05) is 19.1 Å². The highest BCUT2D eigenvalue weighted by molar-refractivity contribution is 8.27. The molecular formula is C18H16FN3O3S. The molecule has 1 aliphatic rings. The van der Waals surface area contributed by atoms with E-state index in [4.69, 9.17) is 4.74 Å². The quantitative estimate of drug-likeness (QED) is 0.816. The molecule has 1 saturated heterocycles. The van der Waals surface area contributed by atoms with Gasteiger partial charge in [-0.1, -0.05) is 17.7 Å². The van der Waals surface area contributed by atoms with Gasteiger partial charge in [-0.15, -0.1) is 5.10 Å². The zero-order valence-electron chi connectivity index (χ0n) is 13.9. The minimum Gasteiger partial charge on any atom is -0.484 e. The second-order valence-electron chi connectivity index (χ2n) is 5.57. The Morgan fingerprint density at radius 2 is 1.92 bits per heavy atom. The second kappa shape index (κ2) is 8.01. The maximum atomic E-state index is 13.1. The molecular weight excluding hydrogens is 357 g/mol. The van der Waals surface area contributed by atoms with Crippen LogP contribution in [0.4, 0.5) is 10.1 Å². The molecule has 134 valence electrons. The van der Waals surface area contributed by atoms with Crippen molar-refractivity contribution in [3.63, 3.8) is 0 Å². The van der Waals surface area contributed by atoms with Crippen molar-refractivity contribution in [1.82, 2.24) is 5.43 Å². The Hall–Kier alpha value is -2.87. The van der Waals surface area contributed by atoms with Crippen LogP contribution in [0.1, 0.15) is 5.56 Å². The van der Waals surface area contributed by atoms with Gasteiger partial charge in [-0.3, -0.25) is 9.59 Å². The number of ether oxygens (including phenoxy) is 1. The lowest BCUT2D eigenvalue weighted by Gasteiger charge is -2.16. The number of carbonyl (C=O) groups is 2. The van der Waals surface area contributed by atoms with E-state index in [9.17, 15) is 14.0 Å². The number of amidine groups is 1. The van der Waals surface area contributed by atoms with Gasteiger partial charge < -0.3 is 9.64 Å². The maximum absolute atomic E-state index is 13.1. The fraction of sp³-hybridized carbons (Fsp3) is 0.167. The number of nitrogens with zero attached hydrogens (tertiary/aromatic N) is 2. The molecule has 0 saturated carbocycles. The van der Waals surface area contributed by atoms with Crippen LogP contribution in [-0.4, -0.2) is 29.3 Å². The predicted molar refractivity (Wildman–Crippen MR) is 98.6 cm³/mol. The van der Waals surface area contributed by atoms with Gasteiger partial charge in [-0.2, -0.15) is 0 Å². The first-order valence-corrected chi connectivity index (χ1v) is 8.63. The Morgan fingerprint density at radius 3 is 2.62 bits per heavy atom. The third kappa shape index (κ3) is 4.60. The average Bonchev–Trinajstić information content (AvgIpc) is 3.01. The Morgan fingerprint density at radius 1 is 1.23 bits per heavy atom. The first kappa shape index (κ1) is 17.9. The van der Waals surface area contributed by atoms with Crippen LogP contribution in [0.3, 0.4) is 0 Å². The van der Waals surface area contributed by atoms with Crippen molar-refractivity contribution in [3.8, 4) is 5.75 Å². The summed E-state index contributed by atoms with van der Waals surface area (Å²) in [5.74, 6) is -0.235. The topological polar surface area (TPSA) is 71.0 Å². The van der Waals surface area contributed by atoms with Gasteiger partial charge in [0, 0.05) is 5.69 Å². The van der Waals surface area contributed by atoms with Crippen LogP contribution in [-0.2, 0) is 9.59 Å². The summed E-state index contributed by atoms with van der Waals surface area (Å²) >= 11 is 0.918. The zero-order valence-corrected chi connectivity index (χ0v) is 14.8. The molecule has 2 aromatic carbocycles. The minimum absolute atomic E-state index is 0.102. The second-order valence-corrected chi connectivity index (χ2v) is 6.59. The number of nitrogens with one attached hydrogen (secondary N) is 1. The molecule has 0 atom stereocenters. The summed E-state index contributed by atoms with van der Waals surface area (Å²) in [6.07, 6.45) is 0. The summed E-state index contributed by atoms with van der Waals surface area (Å²) in [7, 11) is 0. The van der Waals surface area contributed by atoms with Crippen LogP contribution < -0.4 is 15.1 Å². The molecule has 0 bridgehead atoms. The number of hydrogen-bond donors (Lipinski definition) is 1. The maximum Gasteiger partial charge on any atom is 0.278 e. The molecule has 0 radical (unpaired) electrons. The van der Waals surface area contributed by atoms with Gasteiger partial charge in [-0.05, 0) is 55.1 Å². The van der Waals surface area contributed by atoms with Gasteiger partial charge in [0.15, 0.2) is 11.8 Å². The van der Waals surface area contributed by atoms with E-state index in [1.165, 1.54) is 12.1 Å². The average molecular weight is 373 g/mol. The molecule has 1 fully saturated rings. The van der Waals surface area contributed by atoms with Crippen LogP contribution in [0.15, 0.2) is 53.6 Å². The Balaban J connectivity index is 1.60. The minimum atomic E-state index is -0.447. The van der Waals surface area contributed by atoms with E-state index in [1.54, 1.807) is 29.2 Å². The van der Waals surface area contributed by atoms with Crippen LogP contribution in [0.2, 0.25) is 0 Å². The van der Waals surface area contributed by atoms with Crippen LogP contribution >= 0.6 is 11.8 Å². The number of benzene rings is 2.